The standard InChI is InChI=1S/C41H47N3O7/c1-30(2)27-44(28-37(38(46)50-24-23-42-31(3)45)51-29-34-15-9-5-10-16-34)40(49)43-41(39(47)48,25-32-13-7-4-8-14-32)26-33-19-21-36(22-20-33)35-17-11-6-12-18-35/h4-22,30,37H,23-29H2,1-3H3,(H,42,45)(H,43,49)(H,47,48)/t37?,41-/m0/s1. The quantitative estimate of drug-likeness (QED) is 0.0874. The molecular formula is C41H47N3O7. The van der Waals surface area contributed by atoms with Crippen molar-refractivity contribution in [3.05, 3.63) is 132 Å². The van der Waals surface area contributed by atoms with E-state index in [1.807, 2.05) is 129 Å². The monoisotopic (exact) mass is 693 g/mol. The third kappa shape index (κ3) is 12.1. The first-order chi connectivity index (χ1) is 24.5. The van der Waals surface area contributed by atoms with Gasteiger partial charge in [-0.25, -0.2) is 14.4 Å². The molecule has 0 fully saturated rings. The second kappa shape index (κ2) is 19.1. The van der Waals surface area contributed by atoms with Gasteiger partial charge in [0.2, 0.25) is 5.91 Å². The molecule has 3 amide bonds. The predicted octanol–water partition coefficient (Wildman–Crippen LogP) is 5.89. The molecule has 1 unspecified atom stereocenters. The van der Waals surface area contributed by atoms with Gasteiger partial charge in [-0.3, -0.25) is 4.79 Å². The lowest BCUT2D eigenvalue weighted by molar-refractivity contribution is -0.159. The van der Waals surface area contributed by atoms with Crippen LogP contribution in [-0.2, 0) is 43.3 Å². The number of nitrogens with one attached hydrogen (secondary N) is 2. The summed E-state index contributed by atoms with van der Waals surface area (Å²) in [5.74, 6) is -2.18. The number of hydrogen-bond acceptors (Lipinski definition) is 6. The van der Waals surface area contributed by atoms with Gasteiger partial charge in [0.25, 0.3) is 0 Å². The number of benzene rings is 4. The van der Waals surface area contributed by atoms with Gasteiger partial charge in [-0.1, -0.05) is 129 Å². The molecule has 0 aliphatic rings. The number of nitrogens with zero attached hydrogens (tertiary/aromatic N) is 1. The highest BCUT2D eigenvalue weighted by Gasteiger charge is 2.42. The fourth-order valence-electron chi connectivity index (χ4n) is 5.70. The van der Waals surface area contributed by atoms with E-state index in [1.54, 1.807) is 0 Å². The van der Waals surface area contributed by atoms with Crippen LogP contribution in [0.3, 0.4) is 0 Å². The van der Waals surface area contributed by atoms with E-state index < -0.39 is 29.6 Å². The predicted molar refractivity (Wildman–Crippen MR) is 196 cm³/mol. The molecule has 0 saturated heterocycles. The lowest BCUT2D eigenvalue weighted by Crippen LogP contribution is -2.61. The Bertz CT molecular complexity index is 1700. The van der Waals surface area contributed by atoms with Crippen LogP contribution in [0.1, 0.15) is 37.5 Å². The summed E-state index contributed by atoms with van der Waals surface area (Å²) in [6.07, 6.45) is -1.16. The zero-order chi connectivity index (χ0) is 36.6. The maximum Gasteiger partial charge on any atom is 0.337 e. The van der Waals surface area contributed by atoms with E-state index in [1.165, 1.54) is 11.8 Å². The summed E-state index contributed by atoms with van der Waals surface area (Å²) in [5, 5.41) is 16.3. The van der Waals surface area contributed by atoms with Crippen molar-refractivity contribution in [3.8, 4) is 11.1 Å². The molecule has 268 valence electrons. The Labute approximate surface area is 299 Å². The Morgan fingerprint density at radius 3 is 1.80 bits per heavy atom. The van der Waals surface area contributed by atoms with Crippen molar-refractivity contribution in [1.82, 2.24) is 15.5 Å². The Morgan fingerprint density at radius 1 is 0.725 bits per heavy atom. The Kier molecular flexibility index (Phi) is 14.3. The highest BCUT2D eigenvalue weighted by Crippen LogP contribution is 2.25. The zero-order valence-electron chi connectivity index (χ0n) is 29.4. The first-order valence-electron chi connectivity index (χ1n) is 17.1. The second-order valence-electron chi connectivity index (χ2n) is 13.0. The minimum absolute atomic E-state index is 0.00663. The summed E-state index contributed by atoms with van der Waals surface area (Å²) in [5.41, 5.74) is 2.58. The molecule has 0 saturated carbocycles. The van der Waals surface area contributed by atoms with Crippen molar-refractivity contribution in [1.29, 1.82) is 0 Å². The maximum atomic E-state index is 14.3. The SMILES string of the molecule is CC(=O)NCCOC(=O)C(CN(CC(C)C)C(=O)N[C@@](Cc1ccccc1)(Cc1ccc(-c2ccccc2)cc1)C(=O)O)OCc1ccccc1. The average Bonchev–Trinajstić information content (AvgIpc) is 3.12. The van der Waals surface area contributed by atoms with Crippen LogP contribution in [-0.4, -0.2) is 71.8 Å². The normalized spacial score (nSPS) is 12.7. The van der Waals surface area contributed by atoms with Gasteiger partial charge in [0.05, 0.1) is 19.7 Å². The van der Waals surface area contributed by atoms with Gasteiger partial charge < -0.3 is 30.1 Å². The molecule has 4 aromatic rings. The molecule has 4 aromatic carbocycles. The van der Waals surface area contributed by atoms with Crippen molar-refractivity contribution in [2.45, 2.75) is 51.9 Å². The van der Waals surface area contributed by atoms with Crippen molar-refractivity contribution in [2.75, 3.05) is 26.2 Å². The van der Waals surface area contributed by atoms with E-state index in [0.717, 1.165) is 27.8 Å². The number of urea groups is 1. The van der Waals surface area contributed by atoms with Gasteiger partial charge in [-0.2, -0.15) is 0 Å². The number of hydrogen-bond donors (Lipinski definition) is 3. The first kappa shape index (κ1) is 38.3. The Hall–Kier alpha value is -5.48. The molecule has 3 N–H and O–H groups in total. The largest absolute Gasteiger partial charge is 0.479 e. The summed E-state index contributed by atoms with van der Waals surface area (Å²) in [6.45, 7) is 5.35. The number of rotatable bonds is 18. The van der Waals surface area contributed by atoms with Crippen molar-refractivity contribution < 1.29 is 33.8 Å². The molecular weight excluding hydrogens is 646 g/mol. The smallest absolute Gasteiger partial charge is 0.337 e. The van der Waals surface area contributed by atoms with Gasteiger partial charge in [-0.05, 0) is 33.7 Å². The van der Waals surface area contributed by atoms with Crippen molar-refractivity contribution >= 4 is 23.9 Å². The fourth-order valence-corrected chi connectivity index (χ4v) is 5.70. The number of ether oxygens (including phenoxy) is 2. The van der Waals surface area contributed by atoms with E-state index in [-0.39, 0.29) is 57.5 Å². The number of carboxylic acids is 1. The lowest BCUT2D eigenvalue weighted by atomic mass is 9.84. The third-order valence-electron chi connectivity index (χ3n) is 8.21. The van der Waals surface area contributed by atoms with Gasteiger partial charge in [-0.15, -0.1) is 0 Å². The van der Waals surface area contributed by atoms with E-state index in [9.17, 15) is 24.3 Å². The Balaban J connectivity index is 1.62. The first-order valence-corrected chi connectivity index (χ1v) is 17.1. The molecule has 0 spiro atoms. The average molecular weight is 694 g/mol. The summed E-state index contributed by atoms with van der Waals surface area (Å²) < 4.78 is 11.5. The van der Waals surface area contributed by atoms with Gasteiger partial charge in [0.15, 0.2) is 6.10 Å². The van der Waals surface area contributed by atoms with E-state index in [0.29, 0.717) is 0 Å². The highest BCUT2D eigenvalue weighted by molar-refractivity contribution is 5.87. The lowest BCUT2D eigenvalue weighted by Gasteiger charge is -2.35. The van der Waals surface area contributed by atoms with Crippen LogP contribution in [0.25, 0.3) is 11.1 Å². The topological polar surface area (TPSA) is 134 Å². The van der Waals surface area contributed by atoms with E-state index >= 15 is 0 Å². The summed E-state index contributed by atoms with van der Waals surface area (Å²) in [4.78, 5) is 53.7. The van der Waals surface area contributed by atoms with Gasteiger partial charge in [0.1, 0.15) is 12.1 Å². The minimum Gasteiger partial charge on any atom is -0.479 e. The third-order valence-corrected chi connectivity index (χ3v) is 8.21. The van der Waals surface area contributed by atoms with Crippen LogP contribution in [0, 0.1) is 5.92 Å². The Morgan fingerprint density at radius 2 is 1.25 bits per heavy atom. The van der Waals surface area contributed by atoms with Gasteiger partial charge >= 0.3 is 18.0 Å². The number of esters is 1. The number of carbonyl (C=O) groups excluding carboxylic acids is 3. The number of carboxylic acid groups (broad SMARTS) is 1. The molecule has 0 aromatic heterocycles. The summed E-state index contributed by atoms with van der Waals surface area (Å²) in [6, 6.07) is 35.3. The van der Waals surface area contributed by atoms with Crippen molar-refractivity contribution in [3.63, 3.8) is 0 Å². The van der Waals surface area contributed by atoms with Crippen molar-refractivity contribution in [2.24, 2.45) is 5.92 Å². The molecule has 0 heterocycles. The fraction of sp³-hybridized carbons (Fsp3) is 0.317. The van der Waals surface area contributed by atoms with Crippen LogP contribution in [0.15, 0.2) is 115 Å². The molecule has 0 bridgehead atoms. The minimum atomic E-state index is -1.73. The van der Waals surface area contributed by atoms with E-state index in [2.05, 4.69) is 10.6 Å². The van der Waals surface area contributed by atoms with Crippen LogP contribution in [0.5, 0.6) is 0 Å². The van der Waals surface area contributed by atoms with Crippen LogP contribution >= 0.6 is 0 Å². The summed E-state index contributed by atoms with van der Waals surface area (Å²) >= 11 is 0. The molecule has 0 radical (unpaired) electrons. The number of carbonyl (C=O) groups is 4. The summed E-state index contributed by atoms with van der Waals surface area (Å²) in [7, 11) is 0. The highest BCUT2D eigenvalue weighted by atomic mass is 16.6. The number of amides is 3. The van der Waals surface area contributed by atoms with Crippen LogP contribution < -0.4 is 10.6 Å². The maximum absolute atomic E-state index is 14.3. The molecule has 0 aliphatic carbocycles. The van der Waals surface area contributed by atoms with Crippen LogP contribution in [0.2, 0.25) is 0 Å². The molecule has 2 atom stereocenters. The molecule has 4 rings (SSSR count). The zero-order valence-corrected chi connectivity index (χ0v) is 29.4. The molecule has 10 nitrogen and oxygen atoms in total. The van der Waals surface area contributed by atoms with Crippen LogP contribution in [0.4, 0.5) is 4.79 Å². The molecule has 10 heteroatoms. The number of aliphatic carboxylic acids is 1. The molecule has 51 heavy (non-hydrogen) atoms. The van der Waals surface area contributed by atoms with E-state index in [4.69, 9.17) is 9.47 Å². The molecule has 0 aliphatic heterocycles. The second-order valence-corrected chi connectivity index (χ2v) is 13.0. The van der Waals surface area contributed by atoms with Gasteiger partial charge in [0, 0.05) is 26.3 Å².